The minimum Gasteiger partial charge on any atom is -0.465 e. The van der Waals surface area contributed by atoms with E-state index in [9.17, 15) is 26.4 Å². The number of carbonyl (C=O) groups is 2. The van der Waals surface area contributed by atoms with Gasteiger partial charge in [0.05, 0.1) is 22.5 Å². The first-order valence-corrected chi connectivity index (χ1v) is 13.6. The van der Waals surface area contributed by atoms with Crippen molar-refractivity contribution < 1.29 is 31.2 Å². The van der Waals surface area contributed by atoms with Crippen LogP contribution < -0.4 is 21.7 Å². The number of hydrogen-bond donors (Lipinski definition) is 4. The maximum atomic E-state index is 11.8. The highest BCUT2D eigenvalue weighted by molar-refractivity contribution is 7.89. The van der Waals surface area contributed by atoms with E-state index in [4.69, 9.17) is 21.7 Å². The van der Waals surface area contributed by atoms with Gasteiger partial charge in [-0.3, -0.25) is 4.79 Å². The molecular weight excluding hydrogens is 510 g/mol. The number of amides is 1. The molecule has 0 unspecified atom stereocenters. The Morgan fingerprint density at radius 2 is 1.19 bits per heavy atom. The molecule has 0 aliphatic carbocycles. The van der Waals surface area contributed by atoms with Crippen molar-refractivity contribution in [1.82, 2.24) is 0 Å². The number of primary sulfonamides is 2. The molecule has 2 aromatic rings. The molecule has 14 heteroatoms. The molecule has 0 radical (unpaired) electrons. The predicted molar refractivity (Wildman–Crippen MR) is 135 cm³/mol. The molecule has 0 bridgehead atoms. The molecule has 0 aliphatic heterocycles. The summed E-state index contributed by atoms with van der Waals surface area (Å²) in [6.07, 6.45) is 1.14. The molecule has 36 heavy (non-hydrogen) atoms. The van der Waals surface area contributed by atoms with Gasteiger partial charge in [0, 0.05) is 5.56 Å². The van der Waals surface area contributed by atoms with Gasteiger partial charge in [-0.2, -0.15) is 4.99 Å². The van der Waals surface area contributed by atoms with E-state index >= 15 is 0 Å². The van der Waals surface area contributed by atoms with Gasteiger partial charge in [0.15, 0.2) is 5.96 Å². The third-order valence-corrected chi connectivity index (χ3v) is 7.15. The molecule has 0 atom stereocenters. The van der Waals surface area contributed by atoms with Crippen molar-refractivity contribution in [2.75, 3.05) is 7.11 Å². The van der Waals surface area contributed by atoms with E-state index in [-0.39, 0.29) is 26.9 Å². The van der Waals surface area contributed by atoms with Gasteiger partial charge >= 0.3 is 5.97 Å². The summed E-state index contributed by atoms with van der Waals surface area (Å²) in [6.45, 7) is 6.95. The Labute approximate surface area is 210 Å². The highest BCUT2D eigenvalue weighted by atomic mass is 32.2. The minimum absolute atomic E-state index is 0.0462. The monoisotopic (exact) mass is 541 g/mol. The molecule has 0 saturated carbocycles. The first-order valence-electron chi connectivity index (χ1n) is 10.5. The van der Waals surface area contributed by atoms with Gasteiger partial charge < -0.3 is 16.2 Å². The Morgan fingerprint density at radius 3 is 1.53 bits per heavy atom. The second-order valence-corrected chi connectivity index (χ2v) is 10.7. The van der Waals surface area contributed by atoms with Crippen molar-refractivity contribution in [3.63, 3.8) is 0 Å². The van der Waals surface area contributed by atoms with Crippen LogP contribution in [-0.4, -0.2) is 41.8 Å². The molecule has 0 fully saturated rings. The maximum Gasteiger partial charge on any atom is 0.338 e. The molecule has 1 amide bonds. The molecule has 198 valence electrons. The number of aliphatic imine (C=N–C) groups is 1. The molecule has 2 rings (SSSR count). The average Bonchev–Trinajstić information content (AvgIpc) is 2.76. The highest BCUT2D eigenvalue weighted by Crippen LogP contribution is 2.22. The average molecular weight is 542 g/mol. The lowest BCUT2D eigenvalue weighted by Crippen LogP contribution is -2.24. The fourth-order valence-electron chi connectivity index (χ4n) is 3.37. The zero-order valence-corrected chi connectivity index (χ0v) is 22.3. The fourth-order valence-corrected chi connectivity index (χ4v) is 4.95. The number of benzene rings is 2. The van der Waals surface area contributed by atoms with Gasteiger partial charge in [0.1, 0.15) is 0 Å². The molecule has 0 saturated heterocycles. The number of rotatable bonds is 6. The maximum absolute atomic E-state index is 11.8. The van der Waals surface area contributed by atoms with Crippen LogP contribution in [0.25, 0.3) is 0 Å². The van der Waals surface area contributed by atoms with Crippen LogP contribution in [0.2, 0.25) is 0 Å². The molecule has 8 N–H and O–H groups in total. The van der Waals surface area contributed by atoms with E-state index in [1.807, 2.05) is 13.8 Å². The van der Waals surface area contributed by atoms with Gasteiger partial charge in [-0.1, -0.05) is 26.0 Å². The zero-order chi connectivity index (χ0) is 28.0. The Hall–Kier alpha value is -3.33. The number of nitrogens with two attached hydrogens (primary N) is 4. The van der Waals surface area contributed by atoms with E-state index in [0.717, 1.165) is 5.56 Å². The lowest BCUT2D eigenvalue weighted by Gasteiger charge is -2.10. The van der Waals surface area contributed by atoms with Crippen molar-refractivity contribution in [2.45, 2.75) is 50.3 Å². The van der Waals surface area contributed by atoms with Crippen LogP contribution in [0.4, 0.5) is 0 Å². The number of esters is 1. The lowest BCUT2D eigenvalue weighted by atomic mass is 10.0. The Morgan fingerprint density at radius 1 is 0.806 bits per heavy atom. The molecule has 0 aliphatic rings. The number of aryl methyl sites for hydroxylation is 4. The Bertz CT molecular complexity index is 1410. The van der Waals surface area contributed by atoms with Crippen LogP contribution in [0.1, 0.15) is 56.8 Å². The Balaban J connectivity index is 0.000000362. The zero-order valence-electron chi connectivity index (χ0n) is 20.7. The van der Waals surface area contributed by atoms with E-state index in [0.29, 0.717) is 29.5 Å². The van der Waals surface area contributed by atoms with Crippen molar-refractivity contribution in [1.29, 1.82) is 0 Å². The van der Waals surface area contributed by atoms with Crippen LogP contribution >= 0.6 is 0 Å². The van der Waals surface area contributed by atoms with E-state index in [1.165, 1.54) is 19.2 Å². The molecule has 0 spiro atoms. The van der Waals surface area contributed by atoms with Gasteiger partial charge in [0.25, 0.3) is 5.91 Å². The molecule has 0 aromatic heterocycles. The Kier molecular flexibility index (Phi) is 10.3. The molecule has 2 aromatic carbocycles. The summed E-state index contributed by atoms with van der Waals surface area (Å²) < 4.78 is 50.2. The molecule has 12 nitrogen and oxygen atoms in total. The van der Waals surface area contributed by atoms with Crippen molar-refractivity contribution in [3.05, 3.63) is 57.6 Å². The molecule has 0 heterocycles. The van der Waals surface area contributed by atoms with Crippen molar-refractivity contribution in [3.8, 4) is 0 Å². The van der Waals surface area contributed by atoms with Crippen LogP contribution in [-0.2, 0) is 37.6 Å². The largest absolute Gasteiger partial charge is 0.465 e. The minimum atomic E-state index is -3.91. The number of methoxy groups -OCH3 is 1. The smallest absolute Gasteiger partial charge is 0.338 e. The van der Waals surface area contributed by atoms with Gasteiger partial charge in [-0.15, -0.1) is 0 Å². The second kappa shape index (κ2) is 12.1. The number of hydrogen-bond acceptors (Lipinski definition) is 7. The second-order valence-electron chi connectivity index (χ2n) is 7.68. The summed E-state index contributed by atoms with van der Waals surface area (Å²) >= 11 is 0. The fraction of sp³-hybridized carbons (Fsp3) is 0.318. The lowest BCUT2D eigenvalue weighted by molar-refractivity contribution is 0.0599. The topological polar surface area (TPSA) is 228 Å². The van der Waals surface area contributed by atoms with E-state index in [1.54, 1.807) is 26.0 Å². The van der Waals surface area contributed by atoms with Gasteiger partial charge in [-0.25, -0.2) is 31.9 Å². The quantitative estimate of drug-likeness (QED) is 0.228. The van der Waals surface area contributed by atoms with Crippen LogP contribution in [0, 0.1) is 13.8 Å². The normalized spacial score (nSPS) is 11.2. The SMILES string of the molecule is CCc1cc(C)c(S(N)(=O)=O)cc1C(=O)N=C(N)N.CCc1cc(C)c(S(N)(=O)=O)cc1C(=O)OC. The number of ether oxygens (including phenoxy) is 1. The van der Waals surface area contributed by atoms with Gasteiger partial charge in [0.2, 0.25) is 20.0 Å². The summed E-state index contributed by atoms with van der Waals surface area (Å²) in [4.78, 5) is 26.6. The van der Waals surface area contributed by atoms with Crippen LogP contribution in [0.5, 0.6) is 0 Å². The summed E-state index contributed by atoms with van der Waals surface area (Å²) in [7, 11) is -6.49. The number of guanidine groups is 1. The summed E-state index contributed by atoms with van der Waals surface area (Å²) in [5.41, 5.74) is 13.0. The summed E-state index contributed by atoms with van der Waals surface area (Å²) in [5.74, 6) is -1.64. The number of nitrogens with zero attached hydrogens (tertiary/aromatic N) is 1. The highest BCUT2D eigenvalue weighted by Gasteiger charge is 2.20. The van der Waals surface area contributed by atoms with E-state index in [2.05, 4.69) is 9.73 Å². The molecular formula is C22H31N5O7S2. The third kappa shape index (κ3) is 7.84. The summed E-state index contributed by atoms with van der Waals surface area (Å²) in [5, 5.41) is 10.2. The van der Waals surface area contributed by atoms with Gasteiger partial charge in [-0.05, 0) is 61.1 Å². The standard InChI is InChI=1S/C11H16N4O3S.C11H15NO4S/c1-3-7-4-6(2)9(19(14,17)18)5-8(7)10(16)15-11(12)13;1-4-8-5-7(2)10(17(12,14)15)6-9(8)11(13)16-3/h4-5H,3H2,1-2H3,(H2,14,17,18)(H4,12,13,15,16);5-6H,4H2,1-3H3,(H2,12,14,15). The summed E-state index contributed by atoms with van der Waals surface area (Å²) in [6, 6.07) is 5.72. The van der Waals surface area contributed by atoms with Crippen LogP contribution in [0.3, 0.4) is 0 Å². The van der Waals surface area contributed by atoms with E-state index < -0.39 is 31.9 Å². The first kappa shape index (κ1) is 30.7. The third-order valence-electron chi connectivity index (χ3n) is 5.04. The van der Waals surface area contributed by atoms with Crippen LogP contribution in [0.15, 0.2) is 39.0 Å². The predicted octanol–water partition coefficient (Wildman–Crippen LogP) is 0.610. The van der Waals surface area contributed by atoms with Crippen molar-refractivity contribution in [2.24, 2.45) is 26.7 Å². The van der Waals surface area contributed by atoms with Crippen molar-refractivity contribution >= 4 is 37.9 Å². The first-order chi connectivity index (χ1) is 16.5. The number of sulfonamides is 2. The number of carbonyl (C=O) groups excluding carboxylic acids is 2.